The van der Waals surface area contributed by atoms with Crippen molar-refractivity contribution in [1.29, 1.82) is 0 Å². The van der Waals surface area contributed by atoms with Gasteiger partial charge in [0.1, 0.15) is 20.7 Å². The maximum Gasteiger partial charge on any atom is 0.247 e. The molecule has 0 spiro atoms. The molecule has 0 atom stereocenters. The third kappa shape index (κ3) is 3.72. The summed E-state index contributed by atoms with van der Waals surface area (Å²) >= 11 is 2.74. The monoisotopic (exact) mass is 416 g/mol. The van der Waals surface area contributed by atoms with E-state index in [1.54, 1.807) is 17.4 Å². The lowest BCUT2D eigenvalue weighted by molar-refractivity contribution is 0.600. The van der Waals surface area contributed by atoms with Gasteiger partial charge in [0, 0.05) is 15.8 Å². The second-order valence-electron chi connectivity index (χ2n) is 5.93. The number of anilines is 1. The van der Waals surface area contributed by atoms with E-state index in [0.29, 0.717) is 12.4 Å². The molecule has 138 valence electrons. The van der Waals surface area contributed by atoms with Crippen LogP contribution in [0.2, 0.25) is 0 Å². The fourth-order valence-corrected chi connectivity index (χ4v) is 5.49. The second-order valence-corrected chi connectivity index (χ2v) is 9.75. The molecule has 3 heterocycles. The van der Waals surface area contributed by atoms with Gasteiger partial charge in [-0.2, -0.15) is 0 Å². The highest BCUT2D eigenvalue weighted by Crippen LogP contribution is 2.37. The number of hydrogen-bond donors (Lipinski definition) is 2. The van der Waals surface area contributed by atoms with Crippen LogP contribution in [0.25, 0.3) is 21.3 Å². The fraction of sp³-hybridized carbons (Fsp3) is 0.111. The Morgan fingerprint density at radius 3 is 2.59 bits per heavy atom. The smallest absolute Gasteiger partial charge is 0.247 e. The molecule has 0 saturated carbocycles. The predicted octanol–water partition coefficient (Wildman–Crippen LogP) is 3.99. The van der Waals surface area contributed by atoms with Crippen LogP contribution in [-0.2, 0) is 16.6 Å². The van der Waals surface area contributed by atoms with E-state index in [2.05, 4.69) is 32.8 Å². The van der Waals surface area contributed by atoms with Crippen molar-refractivity contribution < 1.29 is 8.42 Å². The summed E-state index contributed by atoms with van der Waals surface area (Å²) in [7, 11) is -3.67. The zero-order chi connectivity index (χ0) is 19.0. The van der Waals surface area contributed by atoms with Gasteiger partial charge in [0.25, 0.3) is 0 Å². The van der Waals surface area contributed by atoms with Gasteiger partial charge in [-0.15, -0.1) is 22.7 Å². The van der Waals surface area contributed by atoms with Gasteiger partial charge in [0.15, 0.2) is 0 Å². The molecule has 27 heavy (non-hydrogen) atoms. The molecule has 1 aromatic carbocycles. The summed E-state index contributed by atoms with van der Waals surface area (Å²) in [5, 5.41) is 11.6. The number of primary sulfonamides is 1. The molecule has 3 aromatic heterocycles. The number of nitrogens with one attached hydrogen (secondary N) is 1. The molecule has 0 aliphatic carbocycles. The lowest BCUT2D eigenvalue weighted by atomic mass is 10.1. The molecule has 4 aromatic rings. The predicted molar refractivity (Wildman–Crippen MR) is 111 cm³/mol. The van der Waals surface area contributed by atoms with E-state index in [1.165, 1.54) is 6.07 Å². The van der Waals surface area contributed by atoms with Crippen LogP contribution in [0.1, 0.15) is 10.7 Å². The van der Waals surface area contributed by atoms with Crippen molar-refractivity contribution in [3.8, 4) is 11.1 Å². The third-order valence-corrected chi connectivity index (χ3v) is 7.37. The Morgan fingerprint density at radius 2 is 1.89 bits per heavy atom. The van der Waals surface area contributed by atoms with Crippen LogP contribution in [0.3, 0.4) is 0 Å². The topological polar surface area (TPSA) is 98.0 Å². The zero-order valence-electron chi connectivity index (χ0n) is 14.3. The molecule has 0 aliphatic heterocycles. The first-order chi connectivity index (χ1) is 12.9. The van der Waals surface area contributed by atoms with E-state index >= 15 is 0 Å². The first kappa shape index (κ1) is 18.1. The van der Waals surface area contributed by atoms with Gasteiger partial charge in [0.2, 0.25) is 10.0 Å². The summed E-state index contributed by atoms with van der Waals surface area (Å²) in [6.07, 6.45) is 0. The Morgan fingerprint density at radius 1 is 1.11 bits per heavy atom. The molecule has 0 radical (unpaired) electrons. The molecular formula is C18H16N4O2S3. The van der Waals surface area contributed by atoms with Crippen molar-refractivity contribution >= 4 is 48.7 Å². The molecule has 0 fully saturated rings. The summed E-state index contributed by atoms with van der Waals surface area (Å²) in [6, 6.07) is 13.4. The molecule has 0 unspecified atom stereocenters. The molecule has 0 bridgehead atoms. The van der Waals surface area contributed by atoms with E-state index in [9.17, 15) is 8.42 Å². The van der Waals surface area contributed by atoms with Crippen LogP contribution in [0.4, 0.5) is 5.82 Å². The van der Waals surface area contributed by atoms with Gasteiger partial charge in [-0.3, -0.25) is 0 Å². The minimum absolute atomic E-state index is 0.156. The van der Waals surface area contributed by atoms with Crippen LogP contribution in [0.15, 0.2) is 52.1 Å². The van der Waals surface area contributed by atoms with E-state index in [0.717, 1.165) is 43.4 Å². The maximum absolute atomic E-state index is 11.5. The highest BCUT2D eigenvalue weighted by molar-refractivity contribution is 7.91. The van der Waals surface area contributed by atoms with Gasteiger partial charge < -0.3 is 5.32 Å². The van der Waals surface area contributed by atoms with Crippen molar-refractivity contribution in [3.63, 3.8) is 0 Å². The number of fused-ring (bicyclic) bond motifs is 1. The van der Waals surface area contributed by atoms with Crippen molar-refractivity contribution in [3.05, 3.63) is 58.5 Å². The third-order valence-electron chi connectivity index (χ3n) is 3.98. The van der Waals surface area contributed by atoms with Gasteiger partial charge in [-0.05, 0) is 24.6 Å². The average molecular weight is 417 g/mol. The highest BCUT2D eigenvalue weighted by Gasteiger charge is 2.15. The van der Waals surface area contributed by atoms with Crippen LogP contribution in [0, 0.1) is 6.92 Å². The highest BCUT2D eigenvalue weighted by atomic mass is 32.2. The first-order valence-electron chi connectivity index (χ1n) is 8.08. The van der Waals surface area contributed by atoms with Gasteiger partial charge >= 0.3 is 0 Å². The molecular weight excluding hydrogens is 400 g/mol. The summed E-state index contributed by atoms with van der Waals surface area (Å²) in [4.78, 5) is 10.9. The summed E-state index contributed by atoms with van der Waals surface area (Å²) in [5.41, 5.74) is 2.18. The largest absolute Gasteiger partial charge is 0.365 e. The van der Waals surface area contributed by atoms with Gasteiger partial charge in [-0.25, -0.2) is 23.5 Å². The second kappa shape index (κ2) is 7.01. The van der Waals surface area contributed by atoms with Crippen molar-refractivity contribution in [2.45, 2.75) is 17.7 Å². The van der Waals surface area contributed by atoms with Crippen LogP contribution >= 0.6 is 22.7 Å². The van der Waals surface area contributed by atoms with Gasteiger partial charge in [-0.1, -0.05) is 30.3 Å². The first-order valence-corrected chi connectivity index (χ1v) is 11.3. The number of aryl methyl sites for hydroxylation is 1. The van der Waals surface area contributed by atoms with E-state index in [-0.39, 0.29) is 4.21 Å². The quantitative estimate of drug-likeness (QED) is 0.513. The van der Waals surface area contributed by atoms with E-state index < -0.39 is 10.0 Å². The maximum atomic E-state index is 11.5. The van der Waals surface area contributed by atoms with Crippen molar-refractivity contribution in [2.75, 3.05) is 5.32 Å². The minimum atomic E-state index is -3.67. The molecule has 4 rings (SSSR count). The molecule has 3 N–H and O–H groups in total. The average Bonchev–Trinajstić information content (AvgIpc) is 3.27. The summed E-state index contributed by atoms with van der Waals surface area (Å²) in [6.45, 7) is 2.31. The molecule has 9 heteroatoms. The lowest BCUT2D eigenvalue weighted by Crippen LogP contribution is -2.09. The normalized spacial score (nSPS) is 11.8. The Bertz CT molecular complexity index is 1210. The van der Waals surface area contributed by atoms with E-state index in [4.69, 9.17) is 5.14 Å². The summed E-state index contributed by atoms with van der Waals surface area (Å²) < 4.78 is 23.1. The van der Waals surface area contributed by atoms with Crippen LogP contribution in [-0.4, -0.2) is 18.4 Å². The molecule has 6 nitrogen and oxygen atoms in total. The lowest BCUT2D eigenvalue weighted by Gasteiger charge is -2.09. The Hall–Kier alpha value is -2.33. The fourth-order valence-electron chi connectivity index (χ4n) is 2.78. The zero-order valence-corrected chi connectivity index (χ0v) is 16.8. The number of benzene rings is 1. The van der Waals surface area contributed by atoms with Crippen LogP contribution in [0.5, 0.6) is 0 Å². The summed E-state index contributed by atoms with van der Waals surface area (Å²) in [5.74, 6) is 1.42. The number of hydrogen-bond acceptors (Lipinski definition) is 7. The number of aromatic nitrogens is 2. The number of nitrogens with two attached hydrogens (primary N) is 1. The van der Waals surface area contributed by atoms with E-state index in [1.807, 2.05) is 25.1 Å². The Balaban J connectivity index is 1.71. The minimum Gasteiger partial charge on any atom is -0.365 e. The van der Waals surface area contributed by atoms with Crippen LogP contribution < -0.4 is 10.5 Å². The number of sulfonamides is 1. The Kier molecular flexibility index (Phi) is 4.68. The Labute approximate surface area is 164 Å². The van der Waals surface area contributed by atoms with Gasteiger partial charge in [0.05, 0.1) is 11.9 Å². The number of nitrogens with zero attached hydrogens (tertiary/aromatic N) is 2. The SMILES string of the molecule is Cc1nc(NCc2ccc(S(N)(=O)=O)s2)c2c(-c3ccccc3)csc2n1. The number of thiophene rings is 2. The number of rotatable bonds is 5. The van der Waals surface area contributed by atoms with Crippen molar-refractivity contribution in [1.82, 2.24) is 9.97 Å². The molecule has 0 amide bonds. The molecule has 0 aliphatic rings. The molecule has 0 saturated heterocycles. The standard InChI is InChI=1S/C18H16N4O2S3/c1-11-21-17(20-9-13-7-8-15(26-13)27(19,23)24)16-14(10-25-18(16)22-11)12-5-3-2-4-6-12/h2-8,10H,9H2,1H3,(H2,19,23,24)(H,20,21,22). The van der Waals surface area contributed by atoms with Crippen molar-refractivity contribution in [2.24, 2.45) is 5.14 Å².